The van der Waals surface area contributed by atoms with E-state index in [1.807, 2.05) is 60.7 Å². The number of unbranched alkanes of at least 4 members (excludes halogenated alkanes) is 1. The second-order valence-corrected chi connectivity index (χ2v) is 8.31. The first-order valence-corrected chi connectivity index (χ1v) is 11.5. The van der Waals surface area contributed by atoms with E-state index < -0.39 is 0 Å². The van der Waals surface area contributed by atoms with Crippen molar-refractivity contribution in [3.8, 4) is 38.0 Å². The number of ether oxygens (including phenoxy) is 2. The van der Waals surface area contributed by atoms with Crippen molar-refractivity contribution in [3.05, 3.63) is 84.4 Å². The van der Waals surface area contributed by atoms with E-state index in [-0.39, 0.29) is 0 Å². The van der Waals surface area contributed by atoms with Gasteiger partial charge in [-0.25, -0.2) is 4.98 Å². The highest BCUT2D eigenvalue weighted by molar-refractivity contribution is 7.19. The standard InChI is InChI=1S/C27H25NO3S/c1-30-17-9-10-18-31-24-16-8-7-15-23(24)26-25(20-11-3-2-4-12-20)28-27(32-26)22-14-6-5-13-21(22)19-29/h2-8,11-16,19H,9-10,17-18H2,1H3. The van der Waals surface area contributed by atoms with Gasteiger partial charge in [-0.05, 0) is 25.0 Å². The first-order chi connectivity index (χ1) is 15.8. The molecule has 4 aromatic rings. The molecule has 1 aromatic heterocycles. The van der Waals surface area contributed by atoms with Crippen molar-refractivity contribution in [1.29, 1.82) is 0 Å². The predicted octanol–water partition coefficient (Wildman–Crippen LogP) is 6.76. The van der Waals surface area contributed by atoms with Crippen molar-refractivity contribution in [2.75, 3.05) is 20.3 Å². The Balaban J connectivity index is 1.77. The van der Waals surface area contributed by atoms with E-state index in [9.17, 15) is 4.79 Å². The Morgan fingerprint density at radius 1 is 0.844 bits per heavy atom. The highest BCUT2D eigenvalue weighted by atomic mass is 32.1. The van der Waals surface area contributed by atoms with E-state index in [0.717, 1.165) is 63.8 Å². The first kappa shape index (κ1) is 21.9. The van der Waals surface area contributed by atoms with E-state index >= 15 is 0 Å². The molecule has 0 aliphatic rings. The zero-order valence-electron chi connectivity index (χ0n) is 18.0. The van der Waals surface area contributed by atoms with Gasteiger partial charge in [0.05, 0.1) is 17.2 Å². The SMILES string of the molecule is COCCCCOc1ccccc1-c1sc(-c2ccccc2C=O)nc1-c1ccccc1. The minimum atomic E-state index is 0.626. The highest BCUT2D eigenvalue weighted by Crippen LogP contribution is 2.44. The summed E-state index contributed by atoms with van der Waals surface area (Å²) < 4.78 is 11.3. The maximum atomic E-state index is 11.6. The largest absolute Gasteiger partial charge is 0.493 e. The van der Waals surface area contributed by atoms with Crippen molar-refractivity contribution >= 4 is 17.6 Å². The third-order valence-corrected chi connectivity index (χ3v) is 6.25. The molecule has 1 heterocycles. The Morgan fingerprint density at radius 3 is 2.31 bits per heavy atom. The summed E-state index contributed by atoms with van der Waals surface area (Å²) in [6.07, 6.45) is 2.77. The highest BCUT2D eigenvalue weighted by Gasteiger charge is 2.20. The lowest BCUT2D eigenvalue weighted by atomic mass is 10.1. The van der Waals surface area contributed by atoms with Gasteiger partial charge < -0.3 is 9.47 Å². The number of carbonyl (C=O) groups excluding carboxylic acids is 1. The van der Waals surface area contributed by atoms with Crippen LogP contribution >= 0.6 is 11.3 Å². The van der Waals surface area contributed by atoms with E-state index in [0.29, 0.717) is 12.2 Å². The summed E-state index contributed by atoms with van der Waals surface area (Å²) in [5, 5.41) is 0.816. The van der Waals surface area contributed by atoms with Crippen molar-refractivity contribution in [1.82, 2.24) is 4.98 Å². The summed E-state index contributed by atoms with van der Waals surface area (Å²) in [5.74, 6) is 0.834. The van der Waals surface area contributed by atoms with Gasteiger partial charge in [0.1, 0.15) is 10.8 Å². The summed E-state index contributed by atoms with van der Waals surface area (Å²) in [5.41, 5.74) is 4.40. The van der Waals surface area contributed by atoms with Gasteiger partial charge in [0.15, 0.2) is 6.29 Å². The van der Waals surface area contributed by atoms with E-state index in [1.165, 1.54) is 0 Å². The summed E-state index contributed by atoms with van der Waals surface area (Å²) in [6, 6.07) is 25.8. The van der Waals surface area contributed by atoms with Crippen LogP contribution in [0.3, 0.4) is 0 Å². The monoisotopic (exact) mass is 443 g/mol. The van der Waals surface area contributed by atoms with E-state index in [4.69, 9.17) is 14.5 Å². The molecule has 0 atom stereocenters. The third-order valence-electron chi connectivity index (χ3n) is 5.12. The summed E-state index contributed by atoms with van der Waals surface area (Å²) >= 11 is 1.58. The normalized spacial score (nSPS) is 10.8. The molecule has 0 saturated carbocycles. The van der Waals surface area contributed by atoms with Crippen LogP contribution in [0.1, 0.15) is 23.2 Å². The zero-order chi connectivity index (χ0) is 22.2. The molecular formula is C27H25NO3S. The van der Waals surface area contributed by atoms with Crippen molar-refractivity contribution in [2.24, 2.45) is 0 Å². The van der Waals surface area contributed by atoms with Gasteiger partial charge >= 0.3 is 0 Å². The molecule has 0 aliphatic carbocycles. The Labute approximate surface area is 192 Å². The fourth-order valence-electron chi connectivity index (χ4n) is 3.51. The molecule has 0 N–H and O–H groups in total. The molecule has 32 heavy (non-hydrogen) atoms. The van der Waals surface area contributed by atoms with Crippen LogP contribution in [0.4, 0.5) is 0 Å². The number of rotatable bonds is 10. The quantitative estimate of drug-likeness (QED) is 0.201. The Kier molecular flexibility index (Phi) is 7.43. The average Bonchev–Trinajstić information content (AvgIpc) is 3.30. The molecule has 0 unspecified atom stereocenters. The van der Waals surface area contributed by atoms with Gasteiger partial charge in [-0.1, -0.05) is 66.7 Å². The summed E-state index contributed by atoms with van der Waals surface area (Å²) in [7, 11) is 1.71. The molecule has 0 fully saturated rings. The average molecular weight is 444 g/mol. The number of benzene rings is 3. The molecule has 0 radical (unpaired) electrons. The van der Waals surface area contributed by atoms with Gasteiger partial charge in [-0.15, -0.1) is 11.3 Å². The Hall–Kier alpha value is -3.28. The van der Waals surface area contributed by atoms with Crippen LogP contribution in [-0.2, 0) is 4.74 Å². The molecule has 0 bridgehead atoms. The lowest BCUT2D eigenvalue weighted by Crippen LogP contribution is -2.00. The molecule has 0 amide bonds. The number of aldehydes is 1. The maximum Gasteiger partial charge on any atom is 0.150 e. The first-order valence-electron chi connectivity index (χ1n) is 10.6. The molecule has 3 aromatic carbocycles. The fraction of sp³-hybridized carbons (Fsp3) is 0.185. The van der Waals surface area contributed by atoms with Crippen LogP contribution in [0.5, 0.6) is 5.75 Å². The second-order valence-electron chi connectivity index (χ2n) is 7.31. The van der Waals surface area contributed by atoms with Crippen molar-refractivity contribution < 1.29 is 14.3 Å². The molecule has 5 heteroatoms. The molecular weight excluding hydrogens is 418 g/mol. The number of methoxy groups -OCH3 is 1. The maximum absolute atomic E-state index is 11.6. The lowest BCUT2D eigenvalue weighted by Gasteiger charge is -2.11. The van der Waals surface area contributed by atoms with Gasteiger partial charge in [0.25, 0.3) is 0 Å². The van der Waals surface area contributed by atoms with Crippen molar-refractivity contribution in [2.45, 2.75) is 12.8 Å². The predicted molar refractivity (Wildman–Crippen MR) is 130 cm³/mol. The van der Waals surface area contributed by atoms with Gasteiger partial charge in [-0.3, -0.25) is 4.79 Å². The zero-order valence-corrected chi connectivity index (χ0v) is 18.8. The lowest BCUT2D eigenvalue weighted by molar-refractivity contribution is 0.112. The van der Waals surface area contributed by atoms with Gasteiger partial charge in [0.2, 0.25) is 0 Å². The molecule has 4 nitrogen and oxygen atoms in total. The van der Waals surface area contributed by atoms with Crippen LogP contribution in [0.2, 0.25) is 0 Å². The summed E-state index contributed by atoms with van der Waals surface area (Å²) in [4.78, 5) is 17.6. The number of carbonyl (C=O) groups is 1. The number of nitrogens with zero attached hydrogens (tertiary/aromatic N) is 1. The number of aromatic nitrogens is 1. The summed E-state index contributed by atoms with van der Waals surface area (Å²) in [6.45, 7) is 1.36. The fourth-order valence-corrected chi connectivity index (χ4v) is 4.68. The second kappa shape index (κ2) is 10.8. The van der Waals surface area contributed by atoms with Crippen LogP contribution in [0.25, 0.3) is 32.3 Å². The van der Waals surface area contributed by atoms with Crippen LogP contribution in [0, 0.1) is 0 Å². The van der Waals surface area contributed by atoms with Gasteiger partial charge in [0, 0.05) is 36.0 Å². The van der Waals surface area contributed by atoms with E-state index in [1.54, 1.807) is 18.4 Å². The van der Waals surface area contributed by atoms with Crippen LogP contribution in [0.15, 0.2) is 78.9 Å². The minimum absolute atomic E-state index is 0.626. The molecule has 162 valence electrons. The molecule has 0 spiro atoms. The van der Waals surface area contributed by atoms with Gasteiger partial charge in [-0.2, -0.15) is 0 Å². The van der Waals surface area contributed by atoms with Crippen molar-refractivity contribution in [3.63, 3.8) is 0 Å². The van der Waals surface area contributed by atoms with E-state index in [2.05, 4.69) is 18.2 Å². The minimum Gasteiger partial charge on any atom is -0.493 e. The Morgan fingerprint density at radius 2 is 1.53 bits per heavy atom. The molecule has 0 aliphatic heterocycles. The molecule has 0 saturated heterocycles. The number of thiazole rings is 1. The Bertz CT molecular complexity index is 1170. The smallest absolute Gasteiger partial charge is 0.150 e. The molecule has 4 rings (SSSR count). The van der Waals surface area contributed by atoms with Crippen LogP contribution < -0.4 is 4.74 Å². The number of hydrogen-bond acceptors (Lipinski definition) is 5. The third kappa shape index (κ3) is 4.96. The number of para-hydroxylation sites is 1. The number of hydrogen-bond donors (Lipinski definition) is 0. The topological polar surface area (TPSA) is 48.4 Å². The van der Waals surface area contributed by atoms with Crippen LogP contribution in [-0.4, -0.2) is 31.6 Å².